The Labute approximate surface area is 228 Å². The molecule has 38 heavy (non-hydrogen) atoms. The fraction of sp³-hybridized carbons (Fsp3) is 0.552. The highest BCUT2D eigenvalue weighted by atomic mass is 32.2. The zero-order chi connectivity index (χ0) is 26.9. The van der Waals surface area contributed by atoms with Crippen molar-refractivity contribution in [3.63, 3.8) is 0 Å². The Balaban J connectivity index is 1.54. The SMILES string of the molecule is CCCN1CC=C[C@H]2S[C@]34C=CCN(c5ccc(OC)cc5)C(=O)C3N(CCCCCO)C(=O)[C@@H]4[C@H]2C1=O. The molecule has 1 aromatic carbocycles. The number of unbranched alkanes of at least 4 members (excludes halogenated alkanes) is 2. The summed E-state index contributed by atoms with van der Waals surface area (Å²) in [5.74, 6) is -0.586. The second-order valence-electron chi connectivity index (χ2n) is 10.4. The Morgan fingerprint density at radius 1 is 1.00 bits per heavy atom. The largest absolute Gasteiger partial charge is 0.497 e. The van der Waals surface area contributed by atoms with Crippen LogP contribution in [0.4, 0.5) is 5.69 Å². The summed E-state index contributed by atoms with van der Waals surface area (Å²) in [4.78, 5) is 47.8. The number of thioether (sulfide) groups is 1. The van der Waals surface area contributed by atoms with Gasteiger partial charge in [0.2, 0.25) is 11.8 Å². The molecule has 4 heterocycles. The van der Waals surface area contributed by atoms with Crippen LogP contribution >= 0.6 is 11.8 Å². The predicted octanol–water partition coefficient (Wildman–Crippen LogP) is 2.87. The third kappa shape index (κ3) is 4.43. The molecule has 1 unspecified atom stereocenters. The fourth-order valence-electron chi connectivity index (χ4n) is 6.46. The number of ether oxygens (including phenoxy) is 1. The number of hydrogen-bond acceptors (Lipinski definition) is 6. The Morgan fingerprint density at radius 3 is 2.50 bits per heavy atom. The Kier molecular flexibility index (Phi) is 7.86. The van der Waals surface area contributed by atoms with E-state index in [2.05, 4.69) is 19.1 Å². The first-order chi connectivity index (χ1) is 18.5. The van der Waals surface area contributed by atoms with Crippen molar-refractivity contribution in [3.8, 4) is 5.75 Å². The topological polar surface area (TPSA) is 90.4 Å². The molecule has 3 amide bonds. The summed E-state index contributed by atoms with van der Waals surface area (Å²) in [5.41, 5.74) is 0.746. The molecule has 2 fully saturated rings. The van der Waals surface area contributed by atoms with Crippen molar-refractivity contribution in [2.24, 2.45) is 11.8 Å². The number of carbonyl (C=O) groups is 3. The van der Waals surface area contributed by atoms with E-state index in [4.69, 9.17) is 4.74 Å². The molecule has 0 radical (unpaired) electrons. The lowest BCUT2D eigenvalue weighted by Crippen LogP contribution is -2.53. The number of fused-ring (bicyclic) bond motifs is 2. The van der Waals surface area contributed by atoms with Crippen LogP contribution in [0.25, 0.3) is 0 Å². The highest BCUT2D eigenvalue weighted by Crippen LogP contribution is 2.61. The van der Waals surface area contributed by atoms with Gasteiger partial charge in [-0.3, -0.25) is 14.4 Å². The molecule has 204 valence electrons. The summed E-state index contributed by atoms with van der Waals surface area (Å²) in [6.45, 7) is 4.19. The maximum Gasteiger partial charge on any atom is 0.251 e. The number of aliphatic hydroxyl groups is 1. The molecule has 0 aliphatic carbocycles. The lowest BCUT2D eigenvalue weighted by molar-refractivity contribution is -0.142. The van der Waals surface area contributed by atoms with E-state index in [1.54, 1.807) is 28.7 Å². The molecule has 8 nitrogen and oxygen atoms in total. The second-order valence-corrected chi connectivity index (χ2v) is 11.9. The van der Waals surface area contributed by atoms with Crippen molar-refractivity contribution < 1.29 is 24.2 Å². The van der Waals surface area contributed by atoms with Gasteiger partial charge in [-0.2, -0.15) is 0 Å². The van der Waals surface area contributed by atoms with Crippen LogP contribution in [0.5, 0.6) is 5.75 Å². The van der Waals surface area contributed by atoms with Crippen molar-refractivity contribution in [1.82, 2.24) is 9.80 Å². The highest BCUT2D eigenvalue weighted by molar-refractivity contribution is 8.02. The molecule has 1 N–H and O–H groups in total. The van der Waals surface area contributed by atoms with Crippen LogP contribution in [0.15, 0.2) is 48.6 Å². The zero-order valence-electron chi connectivity index (χ0n) is 22.1. The van der Waals surface area contributed by atoms with E-state index < -0.39 is 22.6 Å². The number of carbonyl (C=O) groups excluding carboxylic acids is 3. The fourth-order valence-corrected chi connectivity index (χ4v) is 8.47. The van der Waals surface area contributed by atoms with Gasteiger partial charge in [0.25, 0.3) is 5.91 Å². The van der Waals surface area contributed by atoms with Gasteiger partial charge in [-0.15, -0.1) is 11.8 Å². The molecule has 0 aromatic heterocycles. The minimum atomic E-state index is -0.809. The highest BCUT2D eigenvalue weighted by Gasteiger charge is 2.70. The zero-order valence-corrected chi connectivity index (χ0v) is 22.9. The normalized spacial score (nSPS) is 30.3. The molecule has 0 bridgehead atoms. The van der Waals surface area contributed by atoms with Crippen molar-refractivity contribution >= 4 is 35.2 Å². The van der Waals surface area contributed by atoms with Crippen molar-refractivity contribution in [1.29, 1.82) is 0 Å². The molecule has 4 aliphatic heterocycles. The minimum absolute atomic E-state index is 0.0163. The smallest absolute Gasteiger partial charge is 0.251 e. The lowest BCUT2D eigenvalue weighted by atomic mass is 9.78. The van der Waals surface area contributed by atoms with Gasteiger partial charge in [0.05, 0.1) is 23.7 Å². The molecular formula is C29H37N3O5S. The van der Waals surface area contributed by atoms with Crippen LogP contribution in [0.2, 0.25) is 0 Å². The van der Waals surface area contributed by atoms with Crippen molar-refractivity contribution in [3.05, 3.63) is 48.6 Å². The van der Waals surface area contributed by atoms with Crippen molar-refractivity contribution in [2.75, 3.05) is 44.8 Å². The minimum Gasteiger partial charge on any atom is -0.497 e. The molecule has 4 aliphatic rings. The van der Waals surface area contributed by atoms with Gasteiger partial charge in [-0.1, -0.05) is 31.2 Å². The van der Waals surface area contributed by atoms with E-state index in [9.17, 15) is 19.5 Å². The number of aliphatic hydroxyl groups excluding tert-OH is 1. The number of nitrogens with zero attached hydrogens (tertiary/aromatic N) is 3. The van der Waals surface area contributed by atoms with E-state index in [0.717, 1.165) is 18.5 Å². The predicted molar refractivity (Wildman–Crippen MR) is 148 cm³/mol. The summed E-state index contributed by atoms with van der Waals surface area (Å²) in [7, 11) is 1.61. The molecule has 5 rings (SSSR count). The number of rotatable bonds is 9. The maximum atomic E-state index is 14.4. The first-order valence-corrected chi connectivity index (χ1v) is 14.5. The molecule has 1 spiro atoms. The van der Waals surface area contributed by atoms with Gasteiger partial charge >= 0.3 is 0 Å². The molecule has 0 saturated carbocycles. The van der Waals surface area contributed by atoms with Crippen molar-refractivity contribution in [2.45, 2.75) is 48.6 Å². The van der Waals surface area contributed by atoms with E-state index in [1.807, 2.05) is 41.3 Å². The Morgan fingerprint density at radius 2 is 1.79 bits per heavy atom. The monoisotopic (exact) mass is 539 g/mol. The standard InChI is InChI=1S/C29H37N3O5S/c1-3-15-30-16-7-9-22-23(26(30)34)24-27(35)32(17-5-4-6-19-33)25-28(36)31(18-8-14-29(24,25)38-22)20-10-12-21(37-2)13-11-20/h7-14,22-25,33H,3-6,15-19H2,1-2H3/t22-,23+,24+,25?,29+/m1/s1. The van der Waals surface area contributed by atoms with Gasteiger partial charge in [0.1, 0.15) is 11.8 Å². The summed E-state index contributed by atoms with van der Waals surface area (Å²) < 4.78 is 4.49. The molecular weight excluding hydrogens is 502 g/mol. The first-order valence-electron chi connectivity index (χ1n) is 13.6. The van der Waals surface area contributed by atoms with Gasteiger partial charge < -0.3 is 24.5 Å². The quantitative estimate of drug-likeness (QED) is 0.384. The van der Waals surface area contributed by atoms with Crippen LogP contribution in [0.3, 0.4) is 0 Å². The first kappa shape index (κ1) is 26.8. The molecule has 5 atom stereocenters. The second kappa shape index (κ2) is 11.1. The van der Waals surface area contributed by atoms with Gasteiger partial charge in [0, 0.05) is 43.7 Å². The Bertz CT molecular complexity index is 1120. The van der Waals surface area contributed by atoms with Crippen LogP contribution in [-0.2, 0) is 14.4 Å². The number of likely N-dealkylation sites (tertiary alicyclic amines) is 1. The number of amides is 3. The van der Waals surface area contributed by atoms with Gasteiger partial charge in [0.15, 0.2) is 0 Å². The molecule has 1 aromatic rings. The van der Waals surface area contributed by atoms with E-state index in [0.29, 0.717) is 44.8 Å². The van der Waals surface area contributed by atoms with Crippen LogP contribution < -0.4 is 9.64 Å². The Hall–Kier alpha value is -2.78. The summed E-state index contributed by atoms with van der Waals surface area (Å²) in [6.07, 6.45) is 11.1. The maximum absolute atomic E-state index is 14.4. The summed E-state index contributed by atoms with van der Waals surface area (Å²) in [6, 6.07) is 6.69. The number of hydrogen-bond donors (Lipinski definition) is 1. The van der Waals surface area contributed by atoms with Crippen LogP contribution in [0.1, 0.15) is 32.6 Å². The number of methoxy groups -OCH3 is 1. The third-order valence-corrected chi connectivity index (χ3v) is 9.92. The summed E-state index contributed by atoms with van der Waals surface area (Å²) in [5, 5.41) is 9.10. The van der Waals surface area contributed by atoms with Gasteiger partial charge in [-0.05, 0) is 49.9 Å². The number of anilines is 1. The number of benzene rings is 1. The van der Waals surface area contributed by atoms with E-state index in [1.165, 1.54) is 0 Å². The van der Waals surface area contributed by atoms with E-state index >= 15 is 0 Å². The van der Waals surface area contributed by atoms with Crippen LogP contribution in [0, 0.1) is 11.8 Å². The molecule has 9 heteroatoms. The van der Waals surface area contributed by atoms with Crippen LogP contribution in [-0.4, -0.2) is 88.6 Å². The summed E-state index contributed by atoms with van der Waals surface area (Å²) >= 11 is 1.61. The van der Waals surface area contributed by atoms with E-state index in [-0.39, 0.29) is 29.6 Å². The third-order valence-electron chi connectivity index (χ3n) is 8.18. The average molecular weight is 540 g/mol. The van der Waals surface area contributed by atoms with Gasteiger partial charge in [-0.25, -0.2) is 0 Å². The molecule has 2 saturated heterocycles. The average Bonchev–Trinajstić information content (AvgIpc) is 3.24. The lowest BCUT2D eigenvalue weighted by Gasteiger charge is -2.35.